The van der Waals surface area contributed by atoms with E-state index in [2.05, 4.69) is 10.6 Å². The molecule has 1 aliphatic rings. The number of amides is 3. The van der Waals surface area contributed by atoms with Crippen molar-refractivity contribution in [1.82, 2.24) is 10.6 Å². The summed E-state index contributed by atoms with van der Waals surface area (Å²) in [5.41, 5.74) is 0. The first-order valence-corrected chi connectivity index (χ1v) is 3.70. The molecule has 0 aromatic rings. The van der Waals surface area contributed by atoms with Gasteiger partial charge in [0.2, 0.25) is 17.7 Å². The van der Waals surface area contributed by atoms with Gasteiger partial charge in [-0.1, -0.05) is 0 Å². The summed E-state index contributed by atoms with van der Waals surface area (Å²) in [4.78, 5) is 32.2. The van der Waals surface area contributed by atoms with Gasteiger partial charge in [0, 0.05) is 13.3 Å². The number of carbonyl (C=O) groups excluding carboxylic acids is 3. The highest BCUT2D eigenvalue weighted by Gasteiger charge is 2.26. The van der Waals surface area contributed by atoms with Gasteiger partial charge in [0.15, 0.2) is 0 Å². The largest absolute Gasteiger partial charge is 0.345 e. The molecular formula is C7H10N2O3. The first-order valence-electron chi connectivity index (χ1n) is 3.70. The summed E-state index contributed by atoms with van der Waals surface area (Å²) in [6, 6.07) is -0.541. The van der Waals surface area contributed by atoms with Crippen LogP contribution in [0.1, 0.15) is 19.8 Å². The predicted octanol–water partition coefficient (Wildman–Crippen LogP) is -1.07. The molecule has 1 rings (SSSR count). The van der Waals surface area contributed by atoms with Crippen LogP contribution in [-0.2, 0) is 14.4 Å². The normalized spacial score (nSPS) is 23.2. The Hall–Kier alpha value is -1.39. The van der Waals surface area contributed by atoms with Gasteiger partial charge in [-0.2, -0.15) is 0 Å². The van der Waals surface area contributed by atoms with Crippen molar-refractivity contribution < 1.29 is 14.4 Å². The molecular weight excluding hydrogens is 160 g/mol. The minimum atomic E-state index is -0.541. The fraction of sp³-hybridized carbons (Fsp3) is 0.571. The van der Waals surface area contributed by atoms with Crippen molar-refractivity contribution in [3.63, 3.8) is 0 Å². The highest BCUT2D eigenvalue weighted by molar-refractivity contribution is 6.01. The second kappa shape index (κ2) is 3.34. The maximum absolute atomic E-state index is 11.0. The summed E-state index contributed by atoms with van der Waals surface area (Å²) in [6.07, 6.45) is 0.681. The van der Waals surface area contributed by atoms with Crippen molar-refractivity contribution in [2.45, 2.75) is 25.8 Å². The Labute approximate surface area is 69.5 Å². The van der Waals surface area contributed by atoms with Gasteiger partial charge < -0.3 is 5.32 Å². The second-order valence-corrected chi connectivity index (χ2v) is 2.70. The van der Waals surface area contributed by atoms with Gasteiger partial charge in [0.25, 0.3) is 0 Å². The van der Waals surface area contributed by atoms with Gasteiger partial charge in [0.05, 0.1) is 0 Å². The summed E-state index contributed by atoms with van der Waals surface area (Å²) >= 11 is 0. The first kappa shape index (κ1) is 8.70. The molecule has 0 saturated carbocycles. The molecule has 1 saturated heterocycles. The lowest BCUT2D eigenvalue weighted by Gasteiger charge is -2.20. The minimum Gasteiger partial charge on any atom is -0.345 e. The molecule has 0 spiro atoms. The highest BCUT2D eigenvalue weighted by atomic mass is 16.2. The van der Waals surface area contributed by atoms with Crippen molar-refractivity contribution in [3.8, 4) is 0 Å². The van der Waals surface area contributed by atoms with E-state index in [0.29, 0.717) is 6.42 Å². The molecule has 0 aliphatic carbocycles. The van der Waals surface area contributed by atoms with Crippen molar-refractivity contribution >= 4 is 17.7 Å². The lowest BCUT2D eigenvalue weighted by molar-refractivity contribution is -0.136. The van der Waals surface area contributed by atoms with Crippen molar-refractivity contribution in [1.29, 1.82) is 0 Å². The van der Waals surface area contributed by atoms with Gasteiger partial charge in [-0.25, -0.2) is 0 Å². The molecule has 1 aliphatic heterocycles. The van der Waals surface area contributed by atoms with E-state index in [1.165, 1.54) is 6.92 Å². The third-order valence-corrected chi connectivity index (χ3v) is 1.62. The Bertz CT molecular complexity index is 237. The molecule has 2 N–H and O–H groups in total. The molecule has 3 amide bonds. The van der Waals surface area contributed by atoms with E-state index in [4.69, 9.17) is 0 Å². The number of rotatable bonds is 1. The van der Waals surface area contributed by atoms with Crippen LogP contribution in [0.2, 0.25) is 0 Å². The van der Waals surface area contributed by atoms with E-state index >= 15 is 0 Å². The molecule has 0 aromatic heterocycles. The Kier molecular flexibility index (Phi) is 2.42. The van der Waals surface area contributed by atoms with E-state index in [1.54, 1.807) is 0 Å². The van der Waals surface area contributed by atoms with E-state index in [-0.39, 0.29) is 18.2 Å². The lowest BCUT2D eigenvalue weighted by atomic mass is 10.1. The molecule has 0 aromatic carbocycles. The average molecular weight is 170 g/mol. The van der Waals surface area contributed by atoms with E-state index in [0.717, 1.165) is 0 Å². The van der Waals surface area contributed by atoms with E-state index in [1.807, 2.05) is 0 Å². The minimum absolute atomic E-state index is 0.260. The van der Waals surface area contributed by atoms with Crippen LogP contribution in [0.15, 0.2) is 0 Å². The Morgan fingerprint density at radius 3 is 2.75 bits per heavy atom. The zero-order chi connectivity index (χ0) is 9.14. The number of carbonyl (C=O) groups is 3. The van der Waals surface area contributed by atoms with Gasteiger partial charge >= 0.3 is 0 Å². The molecule has 1 atom stereocenters. The monoisotopic (exact) mass is 170 g/mol. The molecule has 1 unspecified atom stereocenters. The fourth-order valence-electron chi connectivity index (χ4n) is 1.08. The van der Waals surface area contributed by atoms with Crippen LogP contribution in [0.4, 0.5) is 0 Å². The first-order chi connectivity index (χ1) is 5.59. The van der Waals surface area contributed by atoms with Gasteiger partial charge in [-0.15, -0.1) is 0 Å². The lowest BCUT2D eigenvalue weighted by Crippen LogP contribution is -2.51. The van der Waals surface area contributed by atoms with Crippen LogP contribution >= 0.6 is 0 Å². The molecule has 1 fully saturated rings. The quantitative estimate of drug-likeness (QED) is 0.492. The molecule has 0 bridgehead atoms. The van der Waals surface area contributed by atoms with Gasteiger partial charge in [-0.3, -0.25) is 19.7 Å². The molecule has 12 heavy (non-hydrogen) atoms. The second-order valence-electron chi connectivity index (χ2n) is 2.70. The Morgan fingerprint density at radius 2 is 2.25 bits per heavy atom. The van der Waals surface area contributed by atoms with Crippen LogP contribution < -0.4 is 10.6 Å². The summed E-state index contributed by atoms with van der Waals surface area (Å²) in [7, 11) is 0. The number of piperidine rings is 1. The molecule has 66 valence electrons. The maximum atomic E-state index is 11.0. The van der Waals surface area contributed by atoms with Crippen LogP contribution in [0.25, 0.3) is 0 Å². The topological polar surface area (TPSA) is 75.3 Å². The fourth-order valence-corrected chi connectivity index (χ4v) is 1.08. The molecule has 5 heteroatoms. The molecule has 0 radical (unpaired) electrons. The third kappa shape index (κ3) is 2.05. The van der Waals surface area contributed by atoms with Crippen LogP contribution in [0.3, 0.4) is 0 Å². The van der Waals surface area contributed by atoms with Crippen molar-refractivity contribution in [2.24, 2.45) is 0 Å². The van der Waals surface area contributed by atoms with Gasteiger partial charge in [0.1, 0.15) is 6.04 Å². The Morgan fingerprint density at radius 1 is 1.58 bits per heavy atom. The smallest absolute Gasteiger partial charge is 0.249 e. The van der Waals surface area contributed by atoms with Crippen molar-refractivity contribution in [2.75, 3.05) is 0 Å². The van der Waals surface area contributed by atoms with Crippen LogP contribution in [-0.4, -0.2) is 23.8 Å². The highest BCUT2D eigenvalue weighted by Crippen LogP contribution is 2.03. The molecule has 5 nitrogen and oxygen atoms in total. The van der Waals surface area contributed by atoms with Crippen LogP contribution in [0.5, 0.6) is 0 Å². The molecule has 1 heterocycles. The Balaban J connectivity index is 2.51. The summed E-state index contributed by atoms with van der Waals surface area (Å²) in [5, 5.41) is 4.59. The maximum Gasteiger partial charge on any atom is 0.249 e. The average Bonchev–Trinajstić information content (AvgIpc) is 1.94. The standard InChI is InChI=1S/C7H10N2O3/c1-4(10)8-5-2-3-6(11)9-7(5)12/h5H,2-3H2,1H3,(H,8,10)(H,9,11,12). The third-order valence-electron chi connectivity index (χ3n) is 1.62. The summed E-state index contributed by atoms with van der Waals surface area (Å²) in [6.45, 7) is 1.34. The summed E-state index contributed by atoms with van der Waals surface area (Å²) < 4.78 is 0. The van der Waals surface area contributed by atoms with Crippen molar-refractivity contribution in [3.05, 3.63) is 0 Å². The summed E-state index contributed by atoms with van der Waals surface area (Å²) in [5.74, 6) is -0.951. The number of hydrogen-bond acceptors (Lipinski definition) is 3. The van der Waals surface area contributed by atoms with Crippen LogP contribution in [0, 0.1) is 0 Å². The SMILES string of the molecule is CC(=O)NC1CCC(=O)NC1=O. The number of hydrogen-bond donors (Lipinski definition) is 2. The van der Waals surface area contributed by atoms with Gasteiger partial charge in [-0.05, 0) is 6.42 Å². The zero-order valence-electron chi connectivity index (χ0n) is 6.72. The number of imide groups is 1. The number of nitrogens with one attached hydrogen (secondary N) is 2. The van der Waals surface area contributed by atoms with E-state index in [9.17, 15) is 14.4 Å². The predicted molar refractivity (Wildman–Crippen MR) is 40.0 cm³/mol. The zero-order valence-corrected chi connectivity index (χ0v) is 6.72. The van der Waals surface area contributed by atoms with E-state index < -0.39 is 11.9 Å².